The first-order chi connectivity index (χ1) is 63.6. The second-order valence-electron chi connectivity index (χ2n) is 49.5. The Hall–Kier alpha value is -0.590. The number of hydrogen-bond donors (Lipinski definition) is 0. The second kappa shape index (κ2) is 80.2. The summed E-state index contributed by atoms with van der Waals surface area (Å²) in [7, 11) is 17.1. The Morgan fingerprint density at radius 2 is 0.292 bits per heavy atom. The van der Waals surface area contributed by atoms with E-state index in [4.69, 9.17) is 0 Å². The van der Waals surface area contributed by atoms with E-state index in [2.05, 4.69) is 222 Å². The average Bonchev–Trinajstić information content (AvgIpc) is 1.58. The normalized spacial score (nSPS) is 23.8. The molecular formula is C122H288F6N15P+12. The Bertz CT molecular complexity index is 2490. The van der Waals surface area contributed by atoms with Crippen molar-refractivity contribution in [1.29, 1.82) is 0 Å². The molecule has 15 heterocycles. The molecule has 15 aliphatic rings. The molecule has 0 spiro atoms. The number of likely N-dealkylation sites (tertiary alicyclic amines) is 15. The van der Waals surface area contributed by atoms with Gasteiger partial charge < -0.3 is 67.2 Å². The maximum atomic E-state index is 9.87. The summed E-state index contributed by atoms with van der Waals surface area (Å²) in [6, 6.07) is 0. The average molecular weight is 2110 g/mol. The zero-order chi connectivity index (χ0) is 103. The van der Waals surface area contributed by atoms with E-state index in [1.165, 1.54) is 590 Å². The molecule has 15 rings (SSSR count). The van der Waals surface area contributed by atoms with Gasteiger partial charge in [-0.1, -0.05) is 101 Å². The van der Waals surface area contributed by atoms with Crippen molar-refractivity contribution in [2.24, 2.45) is 0 Å². The Balaban J connectivity index is -0.000000192. The van der Waals surface area contributed by atoms with Gasteiger partial charge in [0.1, 0.15) is 0 Å². The topological polar surface area (TPSA) is 0 Å². The molecule has 15 nitrogen and oxygen atoms in total. The van der Waals surface area contributed by atoms with Crippen LogP contribution >= 0.6 is 7.81 Å². The van der Waals surface area contributed by atoms with Crippen molar-refractivity contribution < 1.29 is 92.4 Å². The van der Waals surface area contributed by atoms with Gasteiger partial charge in [-0.2, -0.15) is 0 Å². The first-order valence-electron chi connectivity index (χ1n) is 59.5. The number of hydrogen-bond acceptors (Lipinski definition) is 0. The van der Waals surface area contributed by atoms with Crippen LogP contribution in [-0.4, -0.2) is 453 Å². The molecule has 0 aromatic heterocycles. The van der Waals surface area contributed by atoms with E-state index < -0.39 is 7.81 Å². The summed E-state index contributed by atoms with van der Waals surface area (Å²) in [4.78, 5) is 0. The van der Waals surface area contributed by atoms with Crippen LogP contribution in [0.2, 0.25) is 0 Å². The molecule has 0 N–H and O–H groups in total. The third-order valence-corrected chi connectivity index (χ3v) is 36.6. The van der Waals surface area contributed by atoms with Crippen molar-refractivity contribution in [2.75, 3.05) is 386 Å². The van der Waals surface area contributed by atoms with Crippen LogP contribution in [0, 0.1) is 13.1 Å². The van der Waals surface area contributed by atoms with Gasteiger partial charge >= 0.3 is 33.0 Å². The van der Waals surface area contributed by atoms with Crippen LogP contribution in [0.1, 0.15) is 415 Å². The molecule has 0 unspecified atom stereocenters. The van der Waals surface area contributed by atoms with Crippen molar-refractivity contribution in [3.05, 3.63) is 13.1 Å². The van der Waals surface area contributed by atoms with Gasteiger partial charge in [-0.3, -0.25) is 0 Å². The fraction of sp³-hybridized carbons (Fsp3) is 0.984. The zero-order valence-electron chi connectivity index (χ0n) is 98.6. The summed E-state index contributed by atoms with van der Waals surface area (Å²) in [5.41, 5.74) is 0. The Morgan fingerprint density at radius 3 is 0.375 bits per heavy atom. The fourth-order valence-electron chi connectivity index (χ4n) is 25.2. The maximum absolute atomic E-state index is 10.7. The monoisotopic (exact) mass is 2110 g/mol. The quantitative estimate of drug-likeness (QED) is 0.0391. The molecule has 0 atom stereocenters. The Kier molecular flexibility index (Phi) is 89.7. The van der Waals surface area contributed by atoms with Crippen molar-refractivity contribution in [3.8, 4) is 0 Å². The standard InChI is InChI=1S/3C9H20N.6C8H18N.3C7H16N.C6H14N.2C6H13N.8CH4.F6P/c3*1-3-7-10(4-2)8-5-6-9-10;3*1-3-6-9(2)7-4-5-8-9;3*1-3-9(4-2)7-5-6-8-9;3*1-3-8(2)6-4-5-7-8;3*1-7(2)5-3-4-6-7;;;;;;;;;1-7(2,3,4,5)6/h3*3-9H2,1-2H3;6*3-8H2,1-2H3;3*3-7H2,1-2H3;3-6H2,1-2H3;2*5H,3-4,6H2,1-2H3;8*1H4;/q13*+1;;;;;;;;;;;-1. The van der Waals surface area contributed by atoms with Gasteiger partial charge in [0.05, 0.1) is 357 Å². The zero-order valence-corrected chi connectivity index (χ0v) is 99.5. The molecule has 0 aromatic carbocycles. The van der Waals surface area contributed by atoms with Gasteiger partial charge in [0.15, 0.2) is 0 Å². The first kappa shape index (κ1) is 161. The second-order valence-corrected chi connectivity index (χ2v) is 51.4. The van der Waals surface area contributed by atoms with Crippen LogP contribution in [0.5, 0.6) is 0 Å². The van der Waals surface area contributed by atoms with Gasteiger partial charge in [0.2, 0.25) is 0 Å². The molecule has 0 aliphatic carbocycles. The van der Waals surface area contributed by atoms with Crippen LogP contribution in [0.4, 0.5) is 25.2 Å². The van der Waals surface area contributed by atoms with E-state index >= 15 is 0 Å². The van der Waals surface area contributed by atoms with Crippen molar-refractivity contribution in [1.82, 2.24) is 0 Å². The minimum absolute atomic E-state index is 0. The molecule has 0 bridgehead atoms. The predicted octanol–water partition coefficient (Wildman–Crippen LogP) is 31.0. The van der Waals surface area contributed by atoms with E-state index in [-0.39, 0.29) is 59.4 Å². The summed E-state index contributed by atoms with van der Waals surface area (Å²) < 4.78 is 79.1. The predicted molar refractivity (Wildman–Crippen MR) is 643 cm³/mol. The number of halogens is 6. The van der Waals surface area contributed by atoms with Crippen molar-refractivity contribution in [2.45, 2.75) is 415 Å². The van der Waals surface area contributed by atoms with Crippen LogP contribution < -0.4 is 0 Å². The van der Waals surface area contributed by atoms with Gasteiger partial charge in [-0.05, 0) is 134 Å². The molecule has 15 fully saturated rings. The van der Waals surface area contributed by atoms with Crippen molar-refractivity contribution >= 4 is 7.81 Å². The number of rotatable bonds is 24. The minimum atomic E-state index is -10.7. The van der Waals surface area contributed by atoms with Crippen molar-refractivity contribution in [3.63, 3.8) is 0 Å². The van der Waals surface area contributed by atoms with E-state index in [1.807, 2.05) is 0 Å². The number of nitrogens with zero attached hydrogens (tertiary/aromatic N) is 15. The molecule has 15 aliphatic heterocycles. The summed E-state index contributed by atoms with van der Waals surface area (Å²) in [5, 5.41) is 0. The van der Waals surface area contributed by atoms with E-state index in [0.717, 1.165) is 8.97 Å². The summed E-state index contributed by atoms with van der Waals surface area (Å²) in [5.74, 6) is 0. The van der Waals surface area contributed by atoms with Gasteiger partial charge in [-0.15, -0.1) is 25.9 Å². The van der Waals surface area contributed by atoms with E-state index in [1.54, 1.807) is 0 Å². The first-order valence-corrected chi connectivity index (χ1v) is 61.5. The third-order valence-electron chi connectivity index (χ3n) is 36.6. The number of quaternary nitrogens is 15. The SMILES string of the molecule is C.C.C.C.C.C.C.C.CCC[N+]1(C)CCCC1.CCC[N+]1(C)CCCC1.CCC[N+]1(C)CCCC1.CCC[N+]1(CC)CCCC1.CCC[N+]1(CC)CCCC1.CCC[N+]1(CC)CCCC1.CC[N+]1(C)CCCC1.CC[N+]1(C)CCCC1.CC[N+]1(C)CCCC1.CC[N+]1(CC)CCCC1.CC[N+]1(CC)CCCC1.CC[N+]1(CC)CCCC1.C[N+]1(C)CCCC1.C[N+]1(C)[CH-]CCC1.C[N+]1(C)[CH-]CCC1.F[P-](F)(F)(F)(F)F. The molecule has 886 valence electrons. The Labute approximate surface area is 908 Å². The molecule has 0 aromatic rings. The summed E-state index contributed by atoms with van der Waals surface area (Å²) in [6.07, 6.45) is 51.3. The molecule has 15 saturated heterocycles. The molecule has 0 radical (unpaired) electrons. The van der Waals surface area contributed by atoms with E-state index in [0.29, 0.717) is 0 Å². The third kappa shape index (κ3) is 73.8. The van der Waals surface area contributed by atoms with Gasteiger partial charge in [0, 0.05) is 195 Å². The van der Waals surface area contributed by atoms with Gasteiger partial charge in [0.25, 0.3) is 0 Å². The summed E-state index contributed by atoms with van der Waals surface area (Å²) >= 11 is 0. The van der Waals surface area contributed by atoms with Crippen LogP contribution in [-0.2, 0) is 0 Å². The molecule has 0 amide bonds. The molecule has 0 saturated carbocycles. The van der Waals surface area contributed by atoms with Crippen LogP contribution in [0.3, 0.4) is 0 Å². The van der Waals surface area contributed by atoms with Crippen LogP contribution in [0.25, 0.3) is 0 Å². The van der Waals surface area contributed by atoms with E-state index in [9.17, 15) is 25.2 Å². The van der Waals surface area contributed by atoms with Crippen LogP contribution in [0.15, 0.2) is 0 Å². The fourth-order valence-corrected chi connectivity index (χ4v) is 25.2. The molecule has 22 heteroatoms. The summed E-state index contributed by atoms with van der Waals surface area (Å²) in [6.45, 7) is 110. The molecule has 144 heavy (non-hydrogen) atoms. The molecular weight excluding hydrogens is 1820 g/mol. The van der Waals surface area contributed by atoms with Gasteiger partial charge in [-0.25, -0.2) is 0 Å². The Morgan fingerprint density at radius 1 is 0.160 bits per heavy atom.